The summed E-state index contributed by atoms with van der Waals surface area (Å²) in [5.41, 5.74) is 3.92. The molecule has 0 radical (unpaired) electrons. The van der Waals surface area contributed by atoms with Gasteiger partial charge < -0.3 is 10.2 Å². The Bertz CT molecular complexity index is 1190. The molecule has 1 heterocycles. The molecule has 0 bridgehead atoms. The topological polar surface area (TPSA) is 49.4 Å². The van der Waals surface area contributed by atoms with Gasteiger partial charge in [0.15, 0.2) is 0 Å². The average Bonchev–Trinajstić information content (AvgIpc) is 3.73. The zero-order chi connectivity index (χ0) is 25.6. The van der Waals surface area contributed by atoms with Gasteiger partial charge in [-0.2, -0.15) is 0 Å². The maximum Gasteiger partial charge on any atom is 0.251 e. The molecule has 2 aliphatic rings. The highest BCUT2D eigenvalue weighted by Crippen LogP contribution is 2.50. The molecule has 2 amide bonds. The Morgan fingerprint density at radius 3 is 2.24 bits per heavy atom. The number of hydrogen-bond acceptors (Lipinski definition) is 2. The van der Waals surface area contributed by atoms with E-state index in [0.29, 0.717) is 23.8 Å². The lowest BCUT2D eigenvalue weighted by molar-refractivity contribution is -0.134. The number of rotatable bonds is 9. The molecule has 1 aliphatic heterocycles. The van der Waals surface area contributed by atoms with Crippen LogP contribution in [0.4, 0.5) is 4.39 Å². The Kier molecular flexibility index (Phi) is 7.98. The molecule has 3 aromatic rings. The Labute approximate surface area is 218 Å². The van der Waals surface area contributed by atoms with Gasteiger partial charge in [0.05, 0.1) is 0 Å². The van der Waals surface area contributed by atoms with Crippen LogP contribution in [0.3, 0.4) is 0 Å². The molecular weight excluding hydrogens is 463 g/mol. The van der Waals surface area contributed by atoms with Crippen LogP contribution in [-0.4, -0.2) is 35.8 Å². The molecule has 1 saturated heterocycles. The van der Waals surface area contributed by atoms with Gasteiger partial charge in [-0.15, -0.1) is 0 Å². The van der Waals surface area contributed by atoms with Gasteiger partial charge in [-0.1, -0.05) is 61.0 Å². The first-order valence-electron chi connectivity index (χ1n) is 13.6. The molecule has 1 N–H and O–H groups in total. The second kappa shape index (κ2) is 11.7. The highest BCUT2D eigenvalue weighted by molar-refractivity contribution is 5.98. The minimum absolute atomic E-state index is 0.0415. The third kappa shape index (κ3) is 6.46. The largest absolute Gasteiger partial charge is 0.341 e. The molecule has 1 aliphatic carbocycles. The second-order valence-electron chi connectivity index (χ2n) is 10.4. The van der Waals surface area contributed by atoms with Crippen LogP contribution in [0.15, 0.2) is 78.9 Å². The predicted octanol–water partition coefficient (Wildman–Crippen LogP) is 6.58. The summed E-state index contributed by atoms with van der Waals surface area (Å²) in [4.78, 5) is 28.5. The van der Waals surface area contributed by atoms with Gasteiger partial charge in [0.25, 0.3) is 5.91 Å². The highest BCUT2D eigenvalue weighted by Gasteiger charge is 2.38. The predicted molar refractivity (Wildman–Crippen MR) is 145 cm³/mol. The van der Waals surface area contributed by atoms with Gasteiger partial charge in [-0.3, -0.25) is 9.59 Å². The van der Waals surface area contributed by atoms with Crippen molar-refractivity contribution in [2.24, 2.45) is 5.92 Å². The third-order valence-electron chi connectivity index (χ3n) is 7.81. The molecule has 0 spiro atoms. The number of hydrogen-bond donors (Lipinski definition) is 1. The van der Waals surface area contributed by atoms with Crippen molar-refractivity contribution in [3.63, 3.8) is 0 Å². The lowest BCUT2D eigenvalue weighted by Crippen LogP contribution is -2.50. The monoisotopic (exact) mass is 498 g/mol. The highest BCUT2D eigenvalue weighted by atomic mass is 19.1. The number of likely N-dealkylation sites (tertiary alicyclic amines) is 1. The molecule has 2 fully saturated rings. The average molecular weight is 499 g/mol. The zero-order valence-electron chi connectivity index (χ0n) is 21.2. The van der Waals surface area contributed by atoms with Gasteiger partial charge in [0.1, 0.15) is 11.9 Å². The first-order valence-corrected chi connectivity index (χ1v) is 13.6. The smallest absolute Gasteiger partial charge is 0.251 e. The lowest BCUT2D eigenvalue weighted by Gasteiger charge is -2.31. The summed E-state index contributed by atoms with van der Waals surface area (Å²) in [6.45, 7) is 1.54. The van der Waals surface area contributed by atoms with Gasteiger partial charge >= 0.3 is 0 Å². The van der Waals surface area contributed by atoms with Crippen LogP contribution in [0.1, 0.15) is 66.8 Å². The van der Waals surface area contributed by atoms with Gasteiger partial charge in [0.2, 0.25) is 5.91 Å². The molecule has 192 valence electrons. The van der Waals surface area contributed by atoms with Crippen molar-refractivity contribution in [2.45, 2.75) is 56.9 Å². The SMILES string of the molecule is O=C(N[C@@H](CCC[C@@H]1C[C@H]1c1ccc(F)cc1)C(=O)N1CCCCC1)c1ccc(-c2ccccc2)cc1. The number of nitrogens with zero attached hydrogens (tertiary/aromatic N) is 1. The fraction of sp³-hybridized carbons (Fsp3) is 0.375. The van der Waals surface area contributed by atoms with E-state index in [-0.39, 0.29) is 17.6 Å². The number of benzene rings is 3. The zero-order valence-corrected chi connectivity index (χ0v) is 21.2. The van der Waals surface area contributed by atoms with E-state index in [0.717, 1.165) is 62.7 Å². The molecule has 5 heteroatoms. The van der Waals surface area contributed by atoms with E-state index in [1.165, 1.54) is 17.7 Å². The van der Waals surface area contributed by atoms with E-state index in [9.17, 15) is 14.0 Å². The number of piperidine rings is 1. The molecule has 3 atom stereocenters. The number of nitrogens with one attached hydrogen (secondary N) is 1. The fourth-order valence-electron chi connectivity index (χ4n) is 5.55. The number of carbonyl (C=O) groups excluding carboxylic acids is 2. The standard InChI is InChI=1S/C32H35FN2O2/c33-28-18-16-25(17-19-28)29-22-27(29)10-7-11-30(32(37)35-20-5-2-6-21-35)34-31(36)26-14-12-24(13-15-26)23-8-3-1-4-9-23/h1,3-4,8-9,12-19,27,29-30H,2,5-7,10-11,20-22H2,(H,34,36)/t27-,29+,30+/m1/s1. The van der Waals surface area contributed by atoms with E-state index in [4.69, 9.17) is 0 Å². The van der Waals surface area contributed by atoms with Crippen molar-refractivity contribution in [1.29, 1.82) is 0 Å². The molecular formula is C32H35FN2O2. The minimum atomic E-state index is -0.512. The van der Waals surface area contributed by atoms with Crippen LogP contribution in [0.25, 0.3) is 11.1 Å². The number of halogens is 1. The molecule has 0 aromatic heterocycles. The first-order chi connectivity index (χ1) is 18.1. The van der Waals surface area contributed by atoms with E-state index < -0.39 is 6.04 Å². The quantitative estimate of drug-likeness (QED) is 0.362. The maximum atomic E-state index is 13.4. The number of amides is 2. The third-order valence-corrected chi connectivity index (χ3v) is 7.81. The Hall–Kier alpha value is -3.47. The van der Waals surface area contributed by atoms with Crippen molar-refractivity contribution in [3.8, 4) is 11.1 Å². The minimum Gasteiger partial charge on any atom is -0.341 e. The summed E-state index contributed by atoms with van der Waals surface area (Å²) in [6.07, 6.45) is 6.82. The second-order valence-corrected chi connectivity index (χ2v) is 10.4. The first kappa shape index (κ1) is 25.2. The van der Waals surface area contributed by atoms with Crippen LogP contribution in [0.5, 0.6) is 0 Å². The van der Waals surface area contributed by atoms with Crippen molar-refractivity contribution in [2.75, 3.05) is 13.1 Å². The number of carbonyl (C=O) groups is 2. The van der Waals surface area contributed by atoms with Crippen LogP contribution in [-0.2, 0) is 4.79 Å². The Morgan fingerprint density at radius 1 is 0.865 bits per heavy atom. The molecule has 1 saturated carbocycles. The van der Waals surface area contributed by atoms with Gasteiger partial charge in [-0.05, 0) is 91.3 Å². The summed E-state index contributed by atoms with van der Waals surface area (Å²) in [6, 6.07) is 23.9. The lowest BCUT2D eigenvalue weighted by atomic mass is 10.0. The van der Waals surface area contributed by atoms with Gasteiger partial charge in [0, 0.05) is 18.7 Å². The summed E-state index contributed by atoms with van der Waals surface area (Å²) in [5.74, 6) is 0.683. The molecule has 37 heavy (non-hydrogen) atoms. The summed E-state index contributed by atoms with van der Waals surface area (Å²) < 4.78 is 13.2. The molecule has 4 nitrogen and oxygen atoms in total. The van der Waals surface area contributed by atoms with E-state index in [2.05, 4.69) is 5.32 Å². The summed E-state index contributed by atoms with van der Waals surface area (Å²) >= 11 is 0. The molecule has 3 aromatic carbocycles. The van der Waals surface area contributed by atoms with E-state index in [1.54, 1.807) is 0 Å². The van der Waals surface area contributed by atoms with E-state index >= 15 is 0 Å². The van der Waals surface area contributed by atoms with Gasteiger partial charge in [-0.25, -0.2) is 4.39 Å². The Balaban J connectivity index is 1.20. The van der Waals surface area contributed by atoms with E-state index in [1.807, 2.05) is 71.6 Å². The molecule has 0 unspecified atom stereocenters. The van der Waals surface area contributed by atoms with Crippen LogP contribution < -0.4 is 5.32 Å². The summed E-state index contributed by atoms with van der Waals surface area (Å²) in [5, 5.41) is 3.06. The Morgan fingerprint density at radius 2 is 1.54 bits per heavy atom. The van der Waals surface area contributed by atoms with Crippen molar-refractivity contribution in [3.05, 3.63) is 95.8 Å². The van der Waals surface area contributed by atoms with Crippen molar-refractivity contribution < 1.29 is 14.0 Å². The maximum absolute atomic E-state index is 13.4. The fourth-order valence-corrected chi connectivity index (χ4v) is 5.55. The normalized spacial score (nSPS) is 19.8. The van der Waals surface area contributed by atoms with Crippen molar-refractivity contribution >= 4 is 11.8 Å². The van der Waals surface area contributed by atoms with Crippen LogP contribution in [0.2, 0.25) is 0 Å². The molecule has 5 rings (SSSR count). The van der Waals surface area contributed by atoms with Crippen LogP contribution in [0, 0.1) is 11.7 Å². The summed E-state index contributed by atoms with van der Waals surface area (Å²) in [7, 11) is 0. The van der Waals surface area contributed by atoms with Crippen molar-refractivity contribution in [1.82, 2.24) is 10.2 Å². The van der Waals surface area contributed by atoms with Crippen LogP contribution >= 0.6 is 0 Å².